The molecule has 142 valence electrons. The van der Waals surface area contributed by atoms with Crippen molar-refractivity contribution in [3.8, 4) is 11.5 Å². The molecule has 6 nitrogen and oxygen atoms in total. The number of hydrogen-bond acceptors (Lipinski definition) is 5. The van der Waals surface area contributed by atoms with Crippen LogP contribution in [0.2, 0.25) is 0 Å². The fraction of sp³-hybridized carbons (Fsp3) is 0.0952. The maximum atomic E-state index is 12.0. The number of fused-ring (bicyclic) bond motifs is 1. The SMILES string of the molecule is C=CCOc1ccc(/C=N\NC(=O)COc2cccc3cccnc23)cc1Br. The highest BCUT2D eigenvalue weighted by molar-refractivity contribution is 9.10. The lowest BCUT2D eigenvalue weighted by Crippen LogP contribution is -2.24. The first-order valence-corrected chi connectivity index (χ1v) is 9.28. The van der Waals surface area contributed by atoms with Gasteiger partial charge in [0.05, 0.1) is 10.7 Å². The third-order valence-electron chi connectivity index (χ3n) is 3.67. The summed E-state index contributed by atoms with van der Waals surface area (Å²) in [6, 6.07) is 14.8. The van der Waals surface area contributed by atoms with E-state index in [4.69, 9.17) is 9.47 Å². The smallest absolute Gasteiger partial charge is 0.277 e. The second-order valence-electron chi connectivity index (χ2n) is 5.70. The van der Waals surface area contributed by atoms with E-state index in [0.29, 0.717) is 23.6 Å². The van der Waals surface area contributed by atoms with Gasteiger partial charge in [0.25, 0.3) is 5.91 Å². The average Bonchev–Trinajstić information content (AvgIpc) is 2.71. The van der Waals surface area contributed by atoms with Crippen molar-refractivity contribution in [2.45, 2.75) is 0 Å². The van der Waals surface area contributed by atoms with E-state index in [0.717, 1.165) is 15.4 Å². The van der Waals surface area contributed by atoms with Crippen molar-refractivity contribution in [3.05, 3.63) is 77.4 Å². The van der Waals surface area contributed by atoms with E-state index in [9.17, 15) is 4.79 Å². The number of nitrogens with one attached hydrogen (secondary N) is 1. The second-order valence-corrected chi connectivity index (χ2v) is 6.56. The Morgan fingerprint density at radius 1 is 1.18 bits per heavy atom. The molecule has 7 heteroatoms. The Morgan fingerprint density at radius 3 is 2.86 bits per heavy atom. The summed E-state index contributed by atoms with van der Waals surface area (Å²) in [6.07, 6.45) is 4.90. The molecule has 1 N–H and O–H groups in total. The van der Waals surface area contributed by atoms with E-state index >= 15 is 0 Å². The summed E-state index contributed by atoms with van der Waals surface area (Å²) in [5, 5.41) is 4.90. The van der Waals surface area contributed by atoms with Crippen molar-refractivity contribution in [1.29, 1.82) is 0 Å². The van der Waals surface area contributed by atoms with Crippen LogP contribution in [0.4, 0.5) is 0 Å². The quantitative estimate of drug-likeness (QED) is 0.325. The van der Waals surface area contributed by atoms with Crippen LogP contribution >= 0.6 is 15.9 Å². The van der Waals surface area contributed by atoms with Gasteiger partial charge in [-0.2, -0.15) is 5.10 Å². The molecule has 1 aromatic heterocycles. The lowest BCUT2D eigenvalue weighted by atomic mass is 10.2. The van der Waals surface area contributed by atoms with E-state index < -0.39 is 0 Å². The molecule has 0 aliphatic carbocycles. The van der Waals surface area contributed by atoms with Crippen LogP contribution in [-0.2, 0) is 4.79 Å². The molecule has 0 radical (unpaired) electrons. The molecule has 0 atom stereocenters. The number of rotatable bonds is 8. The average molecular weight is 440 g/mol. The monoisotopic (exact) mass is 439 g/mol. The molecule has 3 aromatic rings. The molecule has 0 aliphatic heterocycles. The van der Waals surface area contributed by atoms with Gasteiger partial charge in [0, 0.05) is 11.6 Å². The largest absolute Gasteiger partial charge is 0.488 e. The van der Waals surface area contributed by atoms with Crippen LogP contribution in [0.25, 0.3) is 10.9 Å². The van der Waals surface area contributed by atoms with Gasteiger partial charge >= 0.3 is 0 Å². The number of carbonyl (C=O) groups is 1. The number of amides is 1. The van der Waals surface area contributed by atoms with Crippen molar-refractivity contribution in [3.63, 3.8) is 0 Å². The summed E-state index contributed by atoms with van der Waals surface area (Å²) in [4.78, 5) is 16.3. The van der Waals surface area contributed by atoms with Gasteiger partial charge in [-0.3, -0.25) is 9.78 Å². The normalized spacial score (nSPS) is 10.8. The Balaban J connectivity index is 1.54. The molecule has 1 amide bonds. The topological polar surface area (TPSA) is 72.8 Å². The maximum absolute atomic E-state index is 12.0. The maximum Gasteiger partial charge on any atom is 0.277 e. The molecule has 2 aromatic carbocycles. The molecule has 0 bridgehead atoms. The van der Waals surface area contributed by atoms with Crippen LogP contribution in [-0.4, -0.2) is 30.3 Å². The zero-order valence-corrected chi connectivity index (χ0v) is 16.6. The Bertz CT molecular complexity index is 1020. The van der Waals surface area contributed by atoms with Gasteiger partial charge in [-0.1, -0.05) is 30.9 Å². The van der Waals surface area contributed by atoms with Crippen LogP contribution in [0.1, 0.15) is 5.56 Å². The Morgan fingerprint density at radius 2 is 2.04 bits per heavy atom. The number of carbonyl (C=O) groups excluding carboxylic acids is 1. The van der Waals surface area contributed by atoms with Gasteiger partial charge in [-0.25, -0.2) is 5.43 Å². The molecule has 1 heterocycles. The van der Waals surface area contributed by atoms with Gasteiger partial charge in [0.2, 0.25) is 0 Å². The molecular formula is C21H18BrN3O3. The molecular weight excluding hydrogens is 422 g/mol. The lowest BCUT2D eigenvalue weighted by molar-refractivity contribution is -0.123. The predicted octanol–water partition coefficient (Wildman–Crippen LogP) is 4.09. The third-order valence-corrected chi connectivity index (χ3v) is 4.29. The number of pyridine rings is 1. The number of para-hydroxylation sites is 1. The number of benzene rings is 2. The highest BCUT2D eigenvalue weighted by Gasteiger charge is 2.06. The van der Waals surface area contributed by atoms with E-state index in [1.807, 2.05) is 42.5 Å². The molecule has 0 saturated carbocycles. The van der Waals surface area contributed by atoms with Gasteiger partial charge in [-0.15, -0.1) is 0 Å². The number of hydrogen-bond donors (Lipinski definition) is 1. The summed E-state index contributed by atoms with van der Waals surface area (Å²) in [6.45, 7) is 3.88. The summed E-state index contributed by atoms with van der Waals surface area (Å²) in [5.74, 6) is 0.892. The number of halogens is 1. The lowest BCUT2D eigenvalue weighted by Gasteiger charge is -2.07. The van der Waals surface area contributed by atoms with Crippen molar-refractivity contribution < 1.29 is 14.3 Å². The van der Waals surface area contributed by atoms with Crippen LogP contribution in [0, 0.1) is 0 Å². The Hall–Kier alpha value is -3.19. The standard InChI is InChI=1S/C21H18BrN3O3/c1-2-11-27-18-9-8-15(12-17(18)22)13-24-25-20(26)14-28-19-7-3-5-16-6-4-10-23-21(16)19/h2-10,12-13H,1,11,14H2,(H,25,26)/b24-13-. The van der Waals surface area contributed by atoms with Crippen LogP contribution in [0.15, 0.2) is 77.0 Å². The fourth-order valence-electron chi connectivity index (χ4n) is 2.41. The number of nitrogens with zero attached hydrogens (tertiary/aromatic N) is 2. The predicted molar refractivity (Wildman–Crippen MR) is 113 cm³/mol. The van der Waals surface area contributed by atoms with Crippen LogP contribution < -0.4 is 14.9 Å². The van der Waals surface area contributed by atoms with Gasteiger partial charge < -0.3 is 9.47 Å². The minimum absolute atomic E-state index is 0.162. The minimum Gasteiger partial charge on any atom is -0.488 e. The van der Waals surface area contributed by atoms with Crippen molar-refractivity contribution in [2.24, 2.45) is 5.10 Å². The Kier molecular flexibility index (Phi) is 6.75. The highest BCUT2D eigenvalue weighted by Crippen LogP contribution is 2.25. The van der Waals surface area contributed by atoms with Crippen LogP contribution in [0.3, 0.4) is 0 Å². The Labute approximate surface area is 171 Å². The van der Waals surface area contributed by atoms with E-state index in [1.54, 1.807) is 24.6 Å². The fourth-order valence-corrected chi connectivity index (χ4v) is 2.92. The zero-order chi connectivity index (χ0) is 19.8. The summed E-state index contributed by atoms with van der Waals surface area (Å²) in [5.41, 5.74) is 3.96. The summed E-state index contributed by atoms with van der Waals surface area (Å²) >= 11 is 3.43. The molecule has 3 rings (SSSR count). The summed E-state index contributed by atoms with van der Waals surface area (Å²) in [7, 11) is 0. The van der Waals surface area contributed by atoms with Gasteiger partial charge in [0.1, 0.15) is 23.6 Å². The highest BCUT2D eigenvalue weighted by atomic mass is 79.9. The second kappa shape index (κ2) is 9.66. The number of aromatic nitrogens is 1. The number of hydrazone groups is 1. The summed E-state index contributed by atoms with van der Waals surface area (Å²) < 4.78 is 11.9. The number of ether oxygens (including phenoxy) is 2. The first kappa shape index (κ1) is 19.6. The van der Waals surface area contributed by atoms with E-state index in [-0.39, 0.29) is 12.5 Å². The minimum atomic E-state index is -0.366. The first-order valence-electron chi connectivity index (χ1n) is 8.49. The van der Waals surface area contributed by atoms with Crippen molar-refractivity contribution >= 4 is 39.0 Å². The molecule has 28 heavy (non-hydrogen) atoms. The molecule has 0 aliphatic rings. The van der Waals surface area contributed by atoms with E-state index in [2.05, 4.69) is 38.0 Å². The molecule has 0 spiro atoms. The van der Waals surface area contributed by atoms with Crippen molar-refractivity contribution in [2.75, 3.05) is 13.2 Å². The van der Waals surface area contributed by atoms with Crippen LogP contribution in [0.5, 0.6) is 11.5 Å². The third kappa shape index (κ3) is 5.17. The van der Waals surface area contributed by atoms with E-state index in [1.165, 1.54) is 0 Å². The molecule has 0 unspecified atom stereocenters. The molecule has 0 fully saturated rings. The zero-order valence-electron chi connectivity index (χ0n) is 15.0. The molecule has 0 saturated heterocycles. The first-order chi connectivity index (χ1) is 13.7. The van der Waals surface area contributed by atoms with Crippen molar-refractivity contribution in [1.82, 2.24) is 10.4 Å². The van der Waals surface area contributed by atoms with Gasteiger partial charge in [0.15, 0.2) is 6.61 Å². The van der Waals surface area contributed by atoms with Gasteiger partial charge in [-0.05, 0) is 51.8 Å².